The van der Waals surface area contributed by atoms with Crippen LogP contribution >= 0.6 is 0 Å². The van der Waals surface area contributed by atoms with Crippen LogP contribution < -0.4 is 5.84 Å². The molecule has 4 nitrogen and oxygen atoms in total. The van der Waals surface area contributed by atoms with E-state index in [4.69, 9.17) is 5.84 Å². The smallest absolute Gasteiger partial charge is 0.0754 e. The zero-order valence-corrected chi connectivity index (χ0v) is 7.64. The summed E-state index contributed by atoms with van der Waals surface area (Å²) in [6.07, 6.45) is 3.18. The fourth-order valence-corrected chi connectivity index (χ4v) is 1.20. The topological polar surface area (TPSA) is 54.0 Å². The summed E-state index contributed by atoms with van der Waals surface area (Å²) in [6, 6.07) is 1.09. The van der Waals surface area contributed by atoms with Crippen molar-refractivity contribution in [1.29, 1.82) is 0 Å². The second-order valence-corrected chi connectivity index (χ2v) is 3.30. The van der Waals surface area contributed by atoms with Crippen molar-refractivity contribution in [3.8, 4) is 0 Å². The number of hydrazone groups is 1. The van der Waals surface area contributed by atoms with E-state index in [-0.39, 0.29) is 0 Å². The summed E-state index contributed by atoms with van der Waals surface area (Å²) in [6.45, 7) is 6.52. The van der Waals surface area contributed by atoms with E-state index < -0.39 is 0 Å². The van der Waals surface area contributed by atoms with Crippen molar-refractivity contribution in [3.63, 3.8) is 0 Å². The first-order valence-corrected chi connectivity index (χ1v) is 4.23. The molecule has 0 amide bonds. The Morgan fingerprint density at radius 2 is 2.08 bits per heavy atom. The number of nitrogens with zero attached hydrogens (tertiary/aromatic N) is 3. The minimum absolute atomic E-state index is 0.449. The second kappa shape index (κ2) is 4.21. The summed E-state index contributed by atoms with van der Waals surface area (Å²) in [5.74, 6) is 4.92. The van der Waals surface area contributed by atoms with Crippen LogP contribution in [0.25, 0.3) is 0 Å². The van der Waals surface area contributed by atoms with E-state index in [0.717, 1.165) is 13.1 Å². The van der Waals surface area contributed by atoms with Crippen molar-refractivity contribution in [2.75, 3.05) is 13.1 Å². The van der Waals surface area contributed by atoms with Crippen LogP contribution in [0.5, 0.6) is 0 Å². The van der Waals surface area contributed by atoms with E-state index in [0.29, 0.717) is 12.1 Å². The van der Waals surface area contributed by atoms with Gasteiger partial charge >= 0.3 is 0 Å². The van der Waals surface area contributed by atoms with E-state index in [1.807, 2.05) is 0 Å². The van der Waals surface area contributed by atoms with Gasteiger partial charge in [0.25, 0.3) is 0 Å². The molecule has 12 heavy (non-hydrogen) atoms. The van der Waals surface area contributed by atoms with Gasteiger partial charge in [-0.1, -0.05) is 0 Å². The molecule has 1 heterocycles. The number of likely N-dealkylation sites (tertiary alicyclic amines) is 1. The fourth-order valence-electron chi connectivity index (χ4n) is 1.20. The standard InChI is InChI=1S/C8H16N4/c1-7(2)12-5-8(6-12)10-3-4-11-9/h3-4,7-8H,5-6,9H2,1-2H3/b10-3?,11-4-. The molecule has 0 unspecified atom stereocenters. The van der Waals surface area contributed by atoms with Crippen molar-refractivity contribution in [1.82, 2.24) is 4.90 Å². The lowest BCUT2D eigenvalue weighted by Gasteiger charge is -2.39. The molecule has 1 aliphatic rings. The third-order valence-electron chi connectivity index (χ3n) is 2.07. The van der Waals surface area contributed by atoms with Gasteiger partial charge in [0.05, 0.1) is 12.3 Å². The van der Waals surface area contributed by atoms with Crippen LogP contribution in [-0.4, -0.2) is 42.5 Å². The SMILES string of the molecule is CC(C)N1CC(N=C/C=N\N)C1. The Kier molecular flexibility index (Phi) is 3.22. The summed E-state index contributed by atoms with van der Waals surface area (Å²) in [5, 5.41) is 3.33. The first kappa shape index (κ1) is 9.19. The van der Waals surface area contributed by atoms with Gasteiger partial charge in [-0.05, 0) is 13.8 Å². The van der Waals surface area contributed by atoms with Gasteiger partial charge in [-0.2, -0.15) is 5.10 Å². The first-order chi connectivity index (χ1) is 5.74. The van der Waals surface area contributed by atoms with E-state index in [2.05, 4.69) is 28.8 Å². The summed E-state index contributed by atoms with van der Waals surface area (Å²) < 4.78 is 0. The third kappa shape index (κ3) is 2.30. The molecule has 68 valence electrons. The summed E-state index contributed by atoms with van der Waals surface area (Å²) in [7, 11) is 0. The molecule has 0 atom stereocenters. The first-order valence-electron chi connectivity index (χ1n) is 4.23. The highest BCUT2D eigenvalue weighted by atomic mass is 15.2. The normalized spacial score (nSPS) is 21.2. The van der Waals surface area contributed by atoms with E-state index >= 15 is 0 Å². The van der Waals surface area contributed by atoms with Crippen molar-refractivity contribution < 1.29 is 0 Å². The van der Waals surface area contributed by atoms with E-state index in [1.165, 1.54) is 6.21 Å². The minimum Gasteiger partial charge on any atom is -0.323 e. The molecule has 0 saturated carbocycles. The summed E-state index contributed by atoms with van der Waals surface area (Å²) in [4.78, 5) is 6.63. The Hall–Kier alpha value is -0.900. The average molecular weight is 168 g/mol. The molecule has 2 N–H and O–H groups in total. The van der Waals surface area contributed by atoms with Gasteiger partial charge in [0, 0.05) is 25.3 Å². The Morgan fingerprint density at radius 3 is 2.58 bits per heavy atom. The van der Waals surface area contributed by atoms with Gasteiger partial charge < -0.3 is 5.84 Å². The van der Waals surface area contributed by atoms with Gasteiger partial charge in [0.2, 0.25) is 0 Å². The highest BCUT2D eigenvalue weighted by Crippen LogP contribution is 2.13. The number of hydrogen-bond acceptors (Lipinski definition) is 4. The van der Waals surface area contributed by atoms with Crippen LogP contribution in [0.2, 0.25) is 0 Å². The Labute approximate surface area is 73.1 Å². The Morgan fingerprint density at radius 1 is 1.42 bits per heavy atom. The molecule has 0 aromatic carbocycles. The summed E-state index contributed by atoms with van der Waals surface area (Å²) >= 11 is 0. The number of aliphatic imine (C=N–C) groups is 1. The Balaban J connectivity index is 2.17. The monoisotopic (exact) mass is 168 g/mol. The van der Waals surface area contributed by atoms with Crippen LogP contribution in [0.3, 0.4) is 0 Å². The van der Waals surface area contributed by atoms with Gasteiger partial charge in [0.1, 0.15) is 0 Å². The van der Waals surface area contributed by atoms with E-state index in [1.54, 1.807) is 6.21 Å². The van der Waals surface area contributed by atoms with Gasteiger partial charge in [0.15, 0.2) is 0 Å². The fraction of sp³-hybridized carbons (Fsp3) is 0.750. The largest absolute Gasteiger partial charge is 0.323 e. The molecule has 1 aliphatic heterocycles. The molecule has 0 spiro atoms. The van der Waals surface area contributed by atoms with Crippen molar-refractivity contribution in [3.05, 3.63) is 0 Å². The van der Waals surface area contributed by atoms with Crippen LogP contribution in [-0.2, 0) is 0 Å². The second-order valence-electron chi connectivity index (χ2n) is 3.30. The zero-order chi connectivity index (χ0) is 8.97. The lowest BCUT2D eigenvalue weighted by Crippen LogP contribution is -2.52. The molecular weight excluding hydrogens is 152 g/mol. The maximum Gasteiger partial charge on any atom is 0.0754 e. The molecule has 0 radical (unpaired) electrons. The van der Waals surface area contributed by atoms with Crippen molar-refractivity contribution in [2.45, 2.75) is 25.9 Å². The highest BCUT2D eigenvalue weighted by Gasteiger charge is 2.26. The lowest BCUT2D eigenvalue weighted by molar-refractivity contribution is 0.114. The van der Waals surface area contributed by atoms with Crippen LogP contribution in [0.1, 0.15) is 13.8 Å². The Bertz CT molecular complexity index is 179. The van der Waals surface area contributed by atoms with Gasteiger partial charge in [-0.3, -0.25) is 9.89 Å². The highest BCUT2D eigenvalue weighted by molar-refractivity contribution is 6.15. The molecule has 0 aliphatic carbocycles. The van der Waals surface area contributed by atoms with Crippen LogP contribution in [0.15, 0.2) is 10.1 Å². The van der Waals surface area contributed by atoms with Crippen molar-refractivity contribution >= 4 is 12.4 Å². The molecule has 0 aromatic rings. The molecular formula is C8H16N4. The number of rotatable bonds is 3. The quantitative estimate of drug-likeness (QED) is 0.369. The number of nitrogens with two attached hydrogens (primary N) is 1. The van der Waals surface area contributed by atoms with Crippen LogP contribution in [0, 0.1) is 0 Å². The zero-order valence-electron chi connectivity index (χ0n) is 7.64. The maximum atomic E-state index is 4.92. The minimum atomic E-state index is 0.449. The number of hydrogen-bond donors (Lipinski definition) is 1. The molecule has 1 saturated heterocycles. The maximum absolute atomic E-state index is 4.92. The predicted molar refractivity (Wildman–Crippen MR) is 51.7 cm³/mol. The third-order valence-corrected chi connectivity index (χ3v) is 2.07. The predicted octanol–water partition coefficient (Wildman–Crippen LogP) is 0.0943. The van der Waals surface area contributed by atoms with Crippen molar-refractivity contribution in [2.24, 2.45) is 15.9 Å². The molecule has 0 bridgehead atoms. The molecule has 0 aromatic heterocycles. The average Bonchev–Trinajstić information content (AvgIpc) is 1.93. The van der Waals surface area contributed by atoms with Crippen LogP contribution in [0.4, 0.5) is 0 Å². The van der Waals surface area contributed by atoms with E-state index in [9.17, 15) is 0 Å². The lowest BCUT2D eigenvalue weighted by atomic mass is 10.1. The molecule has 4 heteroatoms. The molecule has 1 fully saturated rings. The van der Waals surface area contributed by atoms with Gasteiger partial charge in [-0.25, -0.2) is 0 Å². The van der Waals surface area contributed by atoms with Gasteiger partial charge in [-0.15, -0.1) is 0 Å². The molecule has 1 rings (SSSR count). The summed E-state index contributed by atoms with van der Waals surface area (Å²) in [5.41, 5.74) is 0.